The number of fused-ring (bicyclic) bond motifs is 18. The number of nitriles is 7. The van der Waals surface area contributed by atoms with Crippen molar-refractivity contribution in [1.82, 2.24) is 27.4 Å². The molecule has 27 aromatic rings. The summed E-state index contributed by atoms with van der Waals surface area (Å²) in [6.07, 6.45) is 0. The van der Waals surface area contributed by atoms with E-state index < -0.39 is 0 Å². The molecular weight excluding hydrogens is 1780 g/mol. The average Bonchev–Trinajstić information content (AvgIpc) is 1.56. The van der Waals surface area contributed by atoms with E-state index in [0.717, 1.165) is 188 Å². The molecule has 0 atom stereocenters. The quantitative estimate of drug-likeness (QED) is 0.116. The molecule has 0 saturated heterocycles. The van der Waals surface area contributed by atoms with Crippen molar-refractivity contribution >= 4 is 131 Å². The van der Waals surface area contributed by atoms with Crippen LogP contribution in [0.3, 0.4) is 0 Å². The number of hydrogen-bond donors (Lipinski definition) is 0. The van der Waals surface area contributed by atoms with Crippen LogP contribution in [0.1, 0.15) is 38.9 Å². The molecule has 0 N–H and O–H groups in total. The summed E-state index contributed by atoms with van der Waals surface area (Å²) in [5, 5.41) is 81.7. The van der Waals surface area contributed by atoms with E-state index in [1.54, 1.807) is 0 Å². The SMILES string of the molecule is N#Cc1ccc(-n2c3ccc(C#N)cc3c3c(-c4cccc(-c5cccc6c7ccccc7n(-c7ccccc7)c56)c4)cccc32)cc1.N#Cc1cccc(-n2c3ccc(C#N)cc3c3c(-c4cccc(-c5cccc6c7ccccc7n(-c7ccccc7)c56)c4)cccc32)c1.N#Cc1cccc(-n2c3ccccc3c3cccc(-c4cccc(-c5cccc6c5c5cc(C#N)ccc5n6-c5ccccc5C#N)c4)c32)c1. The van der Waals surface area contributed by atoms with Crippen molar-refractivity contribution in [3.8, 4) is 143 Å². The van der Waals surface area contributed by atoms with Crippen molar-refractivity contribution < 1.29 is 0 Å². The van der Waals surface area contributed by atoms with E-state index in [1.807, 2.05) is 146 Å². The van der Waals surface area contributed by atoms with Crippen molar-refractivity contribution in [3.63, 3.8) is 0 Å². The molecule has 0 bridgehead atoms. The highest BCUT2D eigenvalue weighted by Crippen LogP contribution is 2.49. The van der Waals surface area contributed by atoms with Crippen LogP contribution in [0.4, 0.5) is 0 Å². The molecular formula is C133H77N13. The highest BCUT2D eigenvalue weighted by Gasteiger charge is 2.27. The smallest absolute Gasteiger partial charge is 0.101 e. The second kappa shape index (κ2) is 36.0. The molecule has 13 nitrogen and oxygen atoms in total. The van der Waals surface area contributed by atoms with Crippen molar-refractivity contribution in [1.29, 1.82) is 36.8 Å². The normalized spacial score (nSPS) is 11.2. The van der Waals surface area contributed by atoms with Gasteiger partial charge in [0.05, 0.1) is 147 Å². The predicted octanol–water partition coefficient (Wildman–Crippen LogP) is 32.7. The van der Waals surface area contributed by atoms with Crippen molar-refractivity contribution in [2.24, 2.45) is 0 Å². The molecule has 6 aromatic heterocycles. The maximum atomic E-state index is 10.0. The van der Waals surface area contributed by atoms with Crippen LogP contribution in [0.5, 0.6) is 0 Å². The Kier molecular flexibility index (Phi) is 21.3. The van der Waals surface area contributed by atoms with Crippen molar-refractivity contribution in [2.45, 2.75) is 0 Å². The summed E-state index contributed by atoms with van der Waals surface area (Å²) in [6, 6.07) is 176. The maximum absolute atomic E-state index is 10.0. The van der Waals surface area contributed by atoms with Gasteiger partial charge in [0, 0.05) is 110 Å². The number of rotatable bonds is 12. The van der Waals surface area contributed by atoms with Crippen molar-refractivity contribution in [3.05, 3.63) is 506 Å². The molecule has 0 aliphatic heterocycles. The molecule has 13 heteroatoms. The monoisotopic (exact) mass is 1860 g/mol. The topological polar surface area (TPSA) is 196 Å². The van der Waals surface area contributed by atoms with E-state index in [0.29, 0.717) is 38.9 Å². The summed E-state index contributed by atoms with van der Waals surface area (Å²) in [4.78, 5) is 0. The highest BCUT2D eigenvalue weighted by molar-refractivity contribution is 6.22. The van der Waals surface area contributed by atoms with Crippen LogP contribution in [-0.4, -0.2) is 27.4 Å². The molecule has 0 fully saturated rings. The lowest BCUT2D eigenvalue weighted by Gasteiger charge is -2.13. The van der Waals surface area contributed by atoms with E-state index in [4.69, 9.17) is 0 Å². The molecule has 21 aromatic carbocycles. The Labute approximate surface area is 838 Å². The van der Waals surface area contributed by atoms with Gasteiger partial charge < -0.3 is 27.4 Å². The number of benzene rings is 21. The molecule has 0 aliphatic carbocycles. The molecule has 0 spiro atoms. The third kappa shape index (κ3) is 14.4. The van der Waals surface area contributed by atoms with Gasteiger partial charge in [-0.25, -0.2) is 0 Å². The third-order valence-corrected chi connectivity index (χ3v) is 28.3. The van der Waals surface area contributed by atoms with Crippen LogP contribution in [0.15, 0.2) is 467 Å². The Balaban J connectivity index is 0.000000114. The zero-order chi connectivity index (χ0) is 98.2. The first kappa shape index (κ1) is 86.4. The number of nitrogens with zero attached hydrogens (tertiary/aromatic N) is 13. The van der Waals surface area contributed by atoms with Gasteiger partial charge in [0.15, 0.2) is 0 Å². The highest BCUT2D eigenvalue weighted by atomic mass is 15.0. The van der Waals surface area contributed by atoms with Gasteiger partial charge in [0.2, 0.25) is 0 Å². The minimum Gasteiger partial charge on any atom is -0.309 e. The lowest BCUT2D eigenvalue weighted by Crippen LogP contribution is -1.97. The molecule has 0 radical (unpaired) electrons. The van der Waals surface area contributed by atoms with Gasteiger partial charge in [-0.1, -0.05) is 261 Å². The van der Waals surface area contributed by atoms with Crippen LogP contribution in [0.25, 0.3) is 232 Å². The lowest BCUT2D eigenvalue weighted by atomic mass is 9.94. The minimum absolute atomic E-state index is 0.576. The summed E-state index contributed by atoms with van der Waals surface area (Å²) in [7, 11) is 0. The zero-order valence-electron chi connectivity index (χ0n) is 78.3. The van der Waals surface area contributed by atoms with Crippen LogP contribution < -0.4 is 0 Å². The van der Waals surface area contributed by atoms with Crippen molar-refractivity contribution in [2.75, 3.05) is 0 Å². The standard InChI is InChI=1S/C45H25N5.2C44H26N4/c46-26-29-9-5-13-34(23-29)49-41-19-4-2-14-37(41)38-17-7-16-36(45(38)49)32-12-6-11-31(25-32)35-15-8-20-43-44(35)39-24-30(27-47)21-22-42(39)50(43)40-18-3-1-10-33(40)28-48;45-27-29-10-6-15-34(24-29)47-41-23-22-30(28-46)25-39(41)43-35(17-9-21-42(43)47)31-11-7-12-32(26-31)36-18-8-19-38-37-16-4-5-20-40(37)48(44(36)38)33-13-2-1-3-14-33;45-27-29-19-22-34(23-20-29)47-41-24-21-30(28-46)25-39(41)43-35(14-8-18-42(43)47)31-9-6-10-32(26-31)36-15-7-16-38-37-13-4-5-17-40(37)48(44(36)38)33-11-2-1-3-12-33/h1-25H;2*1-26H. The first-order chi connectivity index (χ1) is 72.1. The predicted molar refractivity (Wildman–Crippen MR) is 591 cm³/mol. The first-order valence-corrected chi connectivity index (χ1v) is 48.1. The van der Waals surface area contributed by atoms with Crippen LogP contribution >= 0.6 is 0 Å². The van der Waals surface area contributed by atoms with Gasteiger partial charge in [-0.05, 0) is 256 Å². The summed E-state index contributed by atoms with van der Waals surface area (Å²) in [6.45, 7) is 0. The van der Waals surface area contributed by atoms with E-state index in [9.17, 15) is 36.8 Å². The van der Waals surface area contributed by atoms with Crippen LogP contribution in [0.2, 0.25) is 0 Å². The summed E-state index contributed by atoms with van der Waals surface area (Å²) in [5.74, 6) is 0. The van der Waals surface area contributed by atoms with Gasteiger partial charge in [0.1, 0.15) is 6.07 Å². The Bertz CT molecular complexity index is 10400. The van der Waals surface area contributed by atoms with Crippen LogP contribution in [0, 0.1) is 79.3 Å². The largest absolute Gasteiger partial charge is 0.309 e. The van der Waals surface area contributed by atoms with E-state index in [-0.39, 0.29) is 0 Å². The molecule has 146 heavy (non-hydrogen) atoms. The summed E-state index contributed by atoms with van der Waals surface area (Å²) in [5.41, 5.74) is 36.0. The Morgan fingerprint density at radius 2 is 0.404 bits per heavy atom. The summed E-state index contributed by atoms with van der Waals surface area (Å²) >= 11 is 0. The second-order valence-electron chi connectivity index (χ2n) is 36.3. The lowest BCUT2D eigenvalue weighted by molar-refractivity contribution is 1.17. The van der Waals surface area contributed by atoms with Gasteiger partial charge in [0.25, 0.3) is 0 Å². The second-order valence-corrected chi connectivity index (χ2v) is 36.3. The fraction of sp³-hybridized carbons (Fsp3) is 0. The van der Waals surface area contributed by atoms with E-state index in [2.05, 4.69) is 391 Å². The Morgan fingerprint density at radius 1 is 0.144 bits per heavy atom. The molecule has 0 amide bonds. The van der Waals surface area contributed by atoms with Gasteiger partial charge in [-0.15, -0.1) is 0 Å². The molecule has 6 heterocycles. The minimum atomic E-state index is 0.576. The van der Waals surface area contributed by atoms with Gasteiger partial charge >= 0.3 is 0 Å². The van der Waals surface area contributed by atoms with Crippen LogP contribution in [-0.2, 0) is 0 Å². The Hall–Kier alpha value is -21.1. The van der Waals surface area contributed by atoms with Gasteiger partial charge in [-0.2, -0.15) is 36.8 Å². The third-order valence-electron chi connectivity index (χ3n) is 28.3. The van der Waals surface area contributed by atoms with Gasteiger partial charge in [-0.3, -0.25) is 0 Å². The average molecular weight is 1860 g/mol. The molecule has 27 rings (SSSR count). The fourth-order valence-electron chi connectivity index (χ4n) is 22.1. The number of hydrogen-bond acceptors (Lipinski definition) is 7. The number of para-hydroxylation sites is 9. The van der Waals surface area contributed by atoms with E-state index in [1.165, 1.54) is 43.6 Å². The maximum Gasteiger partial charge on any atom is 0.101 e. The number of aromatic nitrogens is 6. The molecule has 0 aliphatic rings. The Morgan fingerprint density at radius 3 is 0.795 bits per heavy atom. The fourth-order valence-corrected chi connectivity index (χ4v) is 22.1. The molecule has 0 saturated carbocycles. The zero-order valence-corrected chi connectivity index (χ0v) is 78.3. The van der Waals surface area contributed by atoms with E-state index >= 15 is 0 Å². The molecule has 674 valence electrons. The summed E-state index contributed by atoms with van der Waals surface area (Å²) < 4.78 is 13.6. The molecule has 0 unspecified atom stereocenters. The first-order valence-electron chi connectivity index (χ1n) is 48.1.